The van der Waals surface area contributed by atoms with Crippen LogP contribution in [0.4, 0.5) is 10.1 Å². The zero-order chi connectivity index (χ0) is 12.3. The second-order valence-electron chi connectivity index (χ2n) is 3.47. The molecule has 0 saturated heterocycles. The van der Waals surface area contributed by atoms with Gasteiger partial charge in [0.05, 0.1) is 11.8 Å². The number of halogens is 2. The number of benzene rings is 1. The molecule has 0 amide bonds. The lowest BCUT2D eigenvalue weighted by atomic mass is 10.0. The average Bonchev–Trinajstić information content (AvgIpc) is 2.23. The van der Waals surface area contributed by atoms with E-state index in [1.807, 2.05) is 0 Å². The van der Waals surface area contributed by atoms with Gasteiger partial charge in [0.25, 0.3) is 0 Å². The predicted octanol–water partition coefficient (Wildman–Crippen LogP) is 0.675. The van der Waals surface area contributed by atoms with E-state index in [1.165, 1.54) is 6.07 Å². The summed E-state index contributed by atoms with van der Waals surface area (Å²) in [6, 6.07) is 2.24. The molecule has 4 nitrogen and oxygen atoms in total. The van der Waals surface area contributed by atoms with Gasteiger partial charge >= 0.3 is 0 Å². The molecule has 6 heteroatoms. The standard InChI is InChI=1S/C10H14ClFN2O2/c1-14-4-9(15)10(16)5-2-7(12)8(13)3-6(5)11/h2-3,9-10,14-16H,4,13H2,1H3. The fraction of sp³-hybridized carbons (Fsp3) is 0.400. The molecule has 0 spiro atoms. The first kappa shape index (κ1) is 13.2. The predicted molar refractivity (Wildman–Crippen MR) is 60.7 cm³/mol. The number of aliphatic hydroxyl groups is 2. The van der Waals surface area contributed by atoms with Crippen LogP contribution in [0.2, 0.25) is 5.02 Å². The van der Waals surface area contributed by atoms with Crippen LogP contribution in [-0.2, 0) is 0 Å². The Morgan fingerprint density at radius 1 is 1.50 bits per heavy atom. The monoisotopic (exact) mass is 248 g/mol. The first-order chi connectivity index (χ1) is 7.47. The minimum atomic E-state index is -1.25. The van der Waals surface area contributed by atoms with Gasteiger partial charge < -0.3 is 21.3 Å². The van der Waals surface area contributed by atoms with Crippen LogP contribution in [0.25, 0.3) is 0 Å². The SMILES string of the molecule is CNCC(O)C(O)c1cc(F)c(N)cc1Cl. The molecule has 0 aromatic heterocycles. The maximum absolute atomic E-state index is 13.2. The number of nitrogens with two attached hydrogens (primary N) is 1. The zero-order valence-corrected chi connectivity index (χ0v) is 9.50. The molecule has 1 rings (SSSR count). The van der Waals surface area contributed by atoms with Gasteiger partial charge in [-0.2, -0.15) is 0 Å². The largest absolute Gasteiger partial charge is 0.396 e. The molecule has 16 heavy (non-hydrogen) atoms. The first-order valence-electron chi connectivity index (χ1n) is 4.72. The number of hydrogen-bond acceptors (Lipinski definition) is 4. The maximum atomic E-state index is 13.2. The van der Waals surface area contributed by atoms with Crippen LogP contribution in [0.5, 0.6) is 0 Å². The lowest BCUT2D eigenvalue weighted by Crippen LogP contribution is -2.29. The Bertz CT molecular complexity index is 376. The number of anilines is 1. The molecular weight excluding hydrogens is 235 g/mol. The Morgan fingerprint density at radius 2 is 2.12 bits per heavy atom. The Hall–Kier alpha value is -0.880. The van der Waals surface area contributed by atoms with Crippen molar-refractivity contribution in [2.45, 2.75) is 12.2 Å². The van der Waals surface area contributed by atoms with E-state index in [0.29, 0.717) is 0 Å². The van der Waals surface area contributed by atoms with Crippen LogP contribution in [0.1, 0.15) is 11.7 Å². The van der Waals surface area contributed by atoms with Crippen molar-refractivity contribution in [3.8, 4) is 0 Å². The highest BCUT2D eigenvalue weighted by molar-refractivity contribution is 6.31. The second kappa shape index (κ2) is 5.45. The molecule has 0 radical (unpaired) electrons. The highest BCUT2D eigenvalue weighted by Gasteiger charge is 2.21. The molecule has 90 valence electrons. The van der Waals surface area contributed by atoms with E-state index in [2.05, 4.69) is 5.32 Å². The van der Waals surface area contributed by atoms with E-state index in [0.717, 1.165) is 6.07 Å². The maximum Gasteiger partial charge on any atom is 0.146 e. The van der Waals surface area contributed by atoms with Crippen LogP contribution in [-0.4, -0.2) is 29.9 Å². The number of likely N-dealkylation sites (N-methyl/N-ethyl adjacent to an activating group) is 1. The number of hydrogen-bond donors (Lipinski definition) is 4. The topological polar surface area (TPSA) is 78.5 Å². The Balaban J connectivity index is 2.99. The number of nitrogens with one attached hydrogen (secondary N) is 1. The lowest BCUT2D eigenvalue weighted by Gasteiger charge is -2.19. The van der Waals surface area contributed by atoms with Gasteiger partial charge in [0.2, 0.25) is 0 Å². The van der Waals surface area contributed by atoms with Gasteiger partial charge in [-0.3, -0.25) is 0 Å². The smallest absolute Gasteiger partial charge is 0.146 e. The fourth-order valence-electron chi connectivity index (χ4n) is 1.33. The fourth-order valence-corrected chi connectivity index (χ4v) is 1.62. The highest BCUT2D eigenvalue weighted by atomic mass is 35.5. The summed E-state index contributed by atoms with van der Waals surface area (Å²) in [5.41, 5.74) is 5.34. The lowest BCUT2D eigenvalue weighted by molar-refractivity contribution is 0.0201. The second-order valence-corrected chi connectivity index (χ2v) is 3.87. The van der Waals surface area contributed by atoms with Crippen molar-refractivity contribution in [1.82, 2.24) is 5.32 Å². The van der Waals surface area contributed by atoms with Crippen molar-refractivity contribution >= 4 is 17.3 Å². The molecule has 0 fully saturated rings. The summed E-state index contributed by atoms with van der Waals surface area (Å²) in [5, 5.41) is 22.1. The minimum Gasteiger partial charge on any atom is -0.396 e. The Morgan fingerprint density at radius 3 is 2.69 bits per heavy atom. The first-order valence-corrected chi connectivity index (χ1v) is 5.10. The minimum absolute atomic E-state index is 0.0935. The molecule has 0 heterocycles. The van der Waals surface area contributed by atoms with Gasteiger partial charge in [-0.15, -0.1) is 0 Å². The van der Waals surface area contributed by atoms with E-state index < -0.39 is 18.0 Å². The summed E-state index contributed by atoms with van der Waals surface area (Å²) in [7, 11) is 1.63. The summed E-state index contributed by atoms with van der Waals surface area (Å²) in [5.74, 6) is -0.671. The van der Waals surface area contributed by atoms with Crippen molar-refractivity contribution in [1.29, 1.82) is 0 Å². The van der Waals surface area contributed by atoms with Crippen LogP contribution < -0.4 is 11.1 Å². The van der Waals surface area contributed by atoms with Crippen molar-refractivity contribution in [3.63, 3.8) is 0 Å². The Labute approximate surface area is 97.8 Å². The van der Waals surface area contributed by atoms with E-state index >= 15 is 0 Å². The van der Waals surface area contributed by atoms with Gasteiger partial charge in [-0.25, -0.2) is 4.39 Å². The van der Waals surface area contributed by atoms with Gasteiger partial charge in [0.15, 0.2) is 0 Å². The van der Waals surface area contributed by atoms with Crippen LogP contribution in [0, 0.1) is 5.82 Å². The third-order valence-corrected chi connectivity index (χ3v) is 2.54. The van der Waals surface area contributed by atoms with Crippen LogP contribution in [0.15, 0.2) is 12.1 Å². The number of aliphatic hydroxyl groups excluding tert-OH is 2. The van der Waals surface area contributed by atoms with Crippen molar-refractivity contribution in [2.75, 3.05) is 19.3 Å². The third kappa shape index (κ3) is 2.82. The quantitative estimate of drug-likeness (QED) is 0.591. The molecule has 0 aliphatic rings. The van der Waals surface area contributed by atoms with Crippen molar-refractivity contribution in [3.05, 3.63) is 28.5 Å². The van der Waals surface area contributed by atoms with E-state index in [1.54, 1.807) is 7.05 Å². The summed E-state index contributed by atoms with van der Waals surface area (Å²) >= 11 is 5.80. The molecule has 2 unspecified atom stereocenters. The summed E-state index contributed by atoms with van der Waals surface area (Å²) in [6.45, 7) is 0.170. The molecule has 2 atom stereocenters. The van der Waals surface area contributed by atoms with Crippen LogP contribution in [0.3, 0.4) is 0 Å². The number of nitrogen functional groups attached to an aromatic ring is 1. The molecule has 5 N–H and O–H groups in total. The molecule has 0 aliphatic carbocycles. The van der Waals surface area contributed by atoms with E-state index in [9.17, 15) is 14.6 Å². The Kier molecular flexibility index (Phi) is 4.49. The van der Waals surface area contributed by atoms with Gasteiger partial charge in [0, 0.05) is 17.1 Å². The van der Waals surface area contributed by atoms with Crippen molar-refractivity contribution < 1.29 is 14.6 Å². The summed E-state index contributed by atoms with van der Waals surface area (Å²) < 4.78 is 13.2. The van der Waals surface area contributed by atoms with Crippen molar-refractivity contribution in [2.24, 2.45) is 0 Å². The van der Waals surface area contributed by atoms with Gasteiger partial charge in [-0.1, -0.05) is 11.6 Å². The number of rotatable bonds is 4. The molecule has 1 aromatic carbocycles. The zero-order valence-electron chi connectivity index (χ0n) is 8.74. The molecular formula is C10H14ClFN2O2. The van der Waals surface area contributed by atoms with E-state index in [-0.39, 0.29) is 22.8 Å². The molecule has 0 saturated carbocycles. The van der Waals surface area contributed by atoms with Gasteiger partial charge in [0.1, 0.15) is 11.9 Å². The molecule has 1 aromatic rings. The highest BCUT2D eigenvalue weighted by Crippen LogP contribution is 2.29. The third-order valence-electron chi connectivity index (χ3n) is 2.21. The van der Waals surface area contributed by atoms with E-state index in [4.69, 9.17) is 17.3 Å². The normalized spacial score (nSPS) is 14.8. The average molecular weight is 249 g/mol. The molecule has 0 bridgehead atoms. The van der Waals surface area contributed by atoms with Crippen LogP contribution >= 0.6 is 11.6 Å². The van der Waals surface area contributed by atoms with Gasteiger partial charge in [-0.05, 0) is 19.2 Å². The summed E-state index contributed by atoms with van der Waals surface area (Å²) in [6.07, 6.45) is -2.32. The molecule has 0 aliphatic heterocycles. The summed E-state index contributed by atoms with van der Waals surface area (Å²) in [4.78, 5) is 0.